The Morgan fingerprint density at radius 1 is 1.00 bits per heavy atom. The Bertz CT molecular complexity index is 1100. The van der Waals surface area contributed by atoms with Crippen LogP contribution in [-0.4, -0.2) is 67.0 Å². The second-order valence-corrected chi connectivity index (χ2v) is 8.34. The number of rotatable bonds is 6. The van der Waals surface area contributed by atoms with Gasteiger partial charge in [0.2, 0.25) is 5.88 Å². The molecule has 0 spiro atoms. The van der Waals surface area contributed by atoms with E-state index >= 15 is 0 Å². The molecule has 4 amide bonds. The van der Waals surface area contributed by atoms with E-state index in [0.717, 1.165) is 15.5 Å². The summed E-state index contributed by atoms with van der Waals surface area (Å²) >= 11 is 0. The summed E-state index contributed by atoms with van der Waals surface area (Å²) in [7, 11) is -1.75. The number of carbonyl (C=O) groups excluding carboxylic acids is 3. The Hall–Kier alpha value is -2.44. The number of benzene rings is 1. The van der Waals surface area contributed by atoms with Gasteiger partial charge in [-0.15, -0.1) is 0 Å². The van der Waals surface area contributed by atoms with Crippen LogP contribution in [0.25, 0.3) is 0 Å². The molecule has 32 heavy (non-hydrogen) atoms. The summed E-state index contributed by atoms with van der Waals surface area (Å²) in [5.41, 5.74) is 0.565. The van der Waals surface area contributed by atoms with Crippen LogP contribution in [0.2, 0.25) is 0 Å². The molecule has 164 valence electrons. The fourth-order valence-electron chi connectivity index (χ4n) is 3.09. The summed E-state index contributed by atoms with van der Waals surface area (Å²) < 4.78 is 38.5. The molecule has 0 unspecified atom stereocenters. The first-order chi connectivity index (χ1) is 14.6. The van der Waals surface area contributed by atoms with Gasteiger partial charge in [-0.25, -0.2) is 13.2 Å². The van der Waals surface area contributed by atoms with E-state index in [1.165, 1.54) is 26.2 Å². The maximum absolute atomic E-state index is 12.2. The second kappa shape index (κ2) is 10.5. The number of para-hydroxylation sites is 2. The Morgan fingerprint density at radius 3 is 2.22 bits per heavy atom. The van der Waals surface area contributed by atoms with Gasteiger partial charge in [0, 0.05) is 26.4 Å². The zero-order valence-corrected chi connectivity index (χ0v) is 20.7. The molecule has 0 atom stereocenters. The van der Waals surface area contributed by atoms with E-state index in [4.69, 9.17) is 4.74 Å². The zero-order valence-electron chi connectivity index (χ0n) is 17.8. The van der Waals surface area contributed by atoms with Gasteiger partial charge in [-0.3, -0.25) is 19.4 Å². The van der Waals surface area contributed by atoms with Gasteiger partial charge in [0.15, 0.2) is 5.75 Å². The maximum atomic E-state index is 12.2. The van der Waals surface area contributed by atoms with Crippen LogP contribution < -0.4 is 39.2 Å². The molecule has 0 N–H and O–H groups in total. The third-order valence-electron chi connectivity index (χ3n) is 4.67. The monoisotopic (exact) mass is 469 g/mol. The predicted octanol–water partition coefficient (Wildman–Crippen LogP) is -1.80. The summed E-state index contributed by atoms with van der Waals surface area (Å²) in [6, 6.07) is 6.44. The van der Waals surface area contributed by atoms with Gasteiger partial charge in [-0.05, 0) is 30.7 Å². The molecule has 1 aromatic carbocycles. The van der Waals surface area contributed by atoms with Gasteiger partial charge in [-0.1, -0.05) is 24.3 Å². The molecule has 1 aromatic rings. The van der Waals surface area contributed by atoms with Crippen molar-refractivity contribution in [2.24, 2.45) is 0 Å². The minimum atomic E-state index is -4.32. The standard InChI is InChI=1S/C20H21N3O7S.Na/c1-21-18(24)14(19(25)22(2)20(21)26)8-3-6-11-17-23(12-7-13-31(27,28)29)15-9-4-5-10-16(15)30-17;/h3-6,8-11H,7,12-13H2,1-2H3,(H,27,28,29);/q;+1/p-1/b6-3+,17-11-;. The zero-order chi connectivity index (χ0) is 22.8. The SMILES string of the molecule is CN1C(=O)C(=C/C=C/C=C2\Oc3ccccc3N2CCCS(=O)(=O)[O-])C(=O)N(C)C1=O.[Na+]. The van der Waals surface area contributed by atoms with E-state index in [9.17, 15) is 27.4 Å². The number of likely N-dealkylation sites (N-methyl/N-ethyl adjacent to an activating group) is 2. The quantitative estimate of drug-likeness (QED) is 0.207. The maximum Gasteiger partial charge on any atom is 1.00 e. The molecule has 0 radical (unpaired) electrons. The normalized spacial score (nSPS) is 17.7. The first-order valence-corrected chi connectivity index (χ1v) is 10.8. The molecule has 0 bridgehead atoms. The smallest absolute Gasteiger partial charge is 0.748 e. The average Bonchev–Trinajstić information content (AvgIpc) is 3.07. The van der Waals surface area contributed by atoms with Crippen molar-refractivity contribution < 1.29 is 61.6 Å². The van der Waals surface area contributed by atoms with Gasteiger partial charge in [-0.2, -0.15) is 0 Å². The molecule has 1 fully saturated rings. The van der Waals surface area contributed by atoms with Crippen LogP contribution in [0.5, 0.6) is 5.75 Å². The number of amides is 4. The van der Waals surface area contributed by atoms with E-state index in [1.54, 1.807) is 41.3 Å². The van der Waals surface area contributed by atoms with Crippen LogP contribution in [0, 0.1) is 0 Å². The first kappa shape index (κ1) is 25.8. The largest absolute Gasteiger partial charge is 1.00 e. The van der Waals surface area contributed by atoms with Crippen molar-refractivity contribution >= 4 is 33.7 Å². The molecular weight excluding hydrogens is 449 g/mol. The molecule has 1 saturated heterocycles. The van der Waals surface area contributed by atoms with Crippen molar-refractivity contribution in [3.8, 4) is 5.75 Å². The van der Waals surface area contributed by atoms with Crippen LogP contribution in [0.15, 0.2) is 60.0 Å². The summed E-state index contributed by atoms with van der Waals surface area (Å²) in [6.45, 7) is 0.244. The topological polar surface area (TPSA) is 127 Å². The number of carbonyl (C=O) groups is 3. The van der Waals surface area contributed by atoms with Crippen LogP contribution in [0.3, 0.4) is 0 Å². The number of urea groups is 1. The first-order valence-electron chi connectivity index (χ1n) is 9.27. The number of hydrogen-bond acceptors (Lipinski definition) is 8. The van der Waals surface area contributed by atoms with Crippen molar-refractivity contribution in [1.82, 2.24) is 9.80 Å². The Morgan fingerprint density at radius 2 is 1.59 bits per heavy atom. The number of anilines is 1. The fraction of sp³-hybridized carbons (Fsp3) is 0.250. The average molecular weight is 469 g/mol. The number of fused-ring (bicyclic) bond motifs is 1. The molecule has 2 aliphatic rings. The molecule has 12 heteroatoms. The van der Waals surface area contributed by atoms with E-state index in [-0.39, 0.29) is 48.1 Å². The summed E-state index contributed by atoms with van der Waals surface area (Å²) in [6.07, 6.45) is 6.01. The Labute approximate surface area is 207 Å². The van der Waals surface area contributed by atoms with Crippen molar-refractivity contribution in [2.75, 3.05) is 31.3 Å². The molecule has 10 nitrogen and oxygen atoms in total. The van der Waals surface area contributed by atoms with E-state index in [1.807, 2.05) is 0 Å². The number of hydrogen-bond donors (Lipinski definition) is 0. The van der Waals surface area contributed by atoms with Gasteiger partial charge in [0.05, 0.1) is 15.8 Å². The van der Waals surface area contributed by atoms with Crippen molar-refractivity contribution in [1.29, 1.82) is 0 Å². The number of nitrogens with zero attached hydrogens (tertiary/aromatic N) is 3. The van der Waals surface area contributed by atoms with Crippen molar-refractivity contribution in [3.63, 3.8) is 0 Å². The number of ether oxygens (including phenoxy) is 1. The molecule has 0 saturated carbocycles. The second-order valence-electron chi connectivity index (χ2n) is 6.82. The van der Waals surface area contributed by atoms with Crippen LogP contribution in [0.1, 0.15) is 6.42 Å². The molecule has 2 aliphatic heterocycles. The summed E-state index contributed by atoms with van der Waals surface area (Å²) in [5.74, 6) is -0.925. The minimum absolute atomic E-state index is 0. The number of allylic oxidation sites excluding steroid dienone is 4. The third-order valence-corrected chi connectivity index (χ3v) is 5.46. The van der Waals surface area contributed by atoms with Crippen LogP contribution >= 0.6 is 0 Å². The Kier molecular flexibility index (Phi) is 8.43. The summed E-state index contributed by atoms with van der Waals surface area (Å²) in [4.78, 5) is 39.5. The van der Waals surface area contributed by atoms with E-state index in [0.29, 0.717) is 11.6 Å². The number of barbiturate groups is 1. The van der Waals surface area contributed by atoms with Gasteiger partial charge in [0.1, 0.15) is 5.57 Å². The molecule has 3 rings (SSSR count). The number of imide groups is 2. The predicted molar refractivity (Wildman–Crippen MR) is 110 cm³/mol. The Balaban J connectivity index is 0.00000363. The molecular formula is C20H20N3NaO7S. The van der Waals surface area contributed by atoms with E-state index in [2.05, 4.69) is 0 Å². The van der Waals surface area contributed by atoms with Gasteiger partial charge in [0.25, 0.3) is 11.8 Å². The van der Waals surface area contributed by atoms with Crippen LogP contribution in [0.4, 0.5) is 10.5 Å². The van der Waals surface area contributed by atoms with Crippen LogP contribution in [-0.2, 0) is 19.7 Å². The molecule has 0 aliphatic carbocycles. The molecule has 2 heterocycles. The molecule has 0 aromatic heterocycles. The van der Waals surface area contributed by atoms with E-state index < -0.39 is 33.7 Å². The fourth-order valence-corrected chi connectivity index (χ4v) is 3.57. The van der Waals surface area contributed by atoms with Gasteiger partial charge < -0.3 is 14.2 Å². The van der Waals surface area contributed by atoms with Crippen molar-refractivity contribution in [3.05, 3.63) is 60.0 Å². The summed E-state index contributed by atoms with van der Waals surface area (Å²) in [5, 5.41) is 0. The van der Waals surface area contributed by atoms with Gasteiger partial charge >= 0.3 is 35.6 Å². The minimum Gasteiger partial charge on any atom is -0.748 e. The van der Waals surface area contributed by atoms with Crippen molar-refractivity contribution in [2.45, 2.75) is 6.42 Å². The third kappa shape index (κ3) is 5.67.